The number of nitriles is 1. The van der Waals surface area contributed by atoms with E-state index in [2.05, 4.69) is 15.3 Å². The van der Waals surface area contributed by atoms with Gasteiger partial charge in [0, 0.05) is 5.56 Å². The van der Waals surface area contributed by atoms with E-state index in [1.165, 1.54) is 0 Å². The molecule has 1 heterocycles. The third kappa shape index (κ3) is 2.75. The summed E-state index contributed by atoms with van der Waals surface area (Å²) in [7, 11) is 0. The Labute approximate surface area is 117 Å². The van der Waals surface area contributed by atoms with Gasteiger partial charge < -0.3 is 5.32 Å². The van der Waals surface area contributed by atoms with Crippen LogP contribution in [0.4, 0.5) is 0 Å². The van der Waals surface area contributed by atoms with E-state index in [-0.39, 0.29) is 5.91 Å². The van der Waals surface area contributed by atoms with Gasteiger partial charge in [0.15, 0.2) is 0 Å². The second-order valence-electron chi connectivity index (χ2n) is 5.29. The third-order valence-electron chi connectivity index (χ3n) is 3.04. The molecule has 0 unspecified atom stereocenters. The van der Waals surface area contributed by atoms with Crippen LogP contribution >= 0.6 is 0 Å². The van der Waals surface area contributed by atoms with Crippen LogP contribution in [0.3, 0.4) is 0 Å². The summed E-state index contributed by atoms with van der Waals surface area (Å²) < 4.78 is 0. The molecule has 2 rings (SSSR count). The van der Waals surface area contributed by atoms with E-state index in [1.54, 1.807) is 32.0 Å². The molecular formula is C15H16N4O. The Morgan fingerprint density at radius 3 is 2.40 bits per heavy atom. The van der Waals surface area contributed by atoms with Crippen molar-refractivity contribution in [2.45, 2.75) is 33.2 Å². The van der Waals surface area contributed by atoms with Gasteiger partial charge in [0.05, 0.1) is 28.5 Å². The molecule has 1 aromatic carbocycles. The van der Waals surface area contributed by atoms with Crippen LogP contribution in [0.5, 0.6) is 0 Å². The molecule has 0 aliphatic rings. The Balaban J connectivity index is 2.40. The van der Waals surface area contributed by atoms with Gasteiger partial charge in [-0.15, -0.1) is 0 Å². The second kappa shape index (κ2) is 4.89. The van der Waals surface area contributed by atoms with Crippen LogP contribution in [0.25, 0.3) is 11.0 Å². The van der Waals surface area contributed by atoms with Crippen molar-refractivity contribution in [3.63, 3.8) is 0 Å². The van der Waals surface area contributed by atoms with Gasteiger partial charge in [-0.3, -0.25) is 4.79 Å². The van der Waals surface area contributed by atoms with Gasteiger partial charge in [0.25, 0.3) is 5.91 Å². The molecule has 0 radical (unpaired) electrons. The molecule has 0 spiro atoms. The number of benzene rings is 1. The van der Waals surface area contributed by atoms with Crippen LogP contribution in [-0.4, -0.2) is 21.4 Å². The number of hydrogen-bond donors (Lipinski definition) is 1. The highest BCUT2D eigenvalue weighted by molar-refractivity contribution is 5.97. The highest BCUT2D eigenvalue weighted by Crippen LogP contribution is 2.15. The van der Waals surface area contributed by atoms with Crippen LogP contribution in [0, 0.1) is 25.2 Å². The largest absolute Gasteiger partial charge is 0.334 e. The van der Waals surface area contributed by atoms with Gasteiger partial charge in [-0.25, -0.2) is 9.97 Å². The number of aryl methyl sites for hydroxylation is 2. The average Bonchev–Trinajstić information content (AvgIpc) is 2.39. The van der Waals surface area contributed by atoms with Crippen LogP contribution in [0.2, 0.25) is 0 Å². The Hall–Kier alpha value is -2.48. The molecule has 20 heavy (non-hydrogen) atoms. The van der Waals surface area contributed by atoms with Crippen molar-refractivity contribution in [1.82, 2.24) is 15.3 Å². The van der Waals surface area contributed by atoms with Crippen molar-refractivity contribution in [2.75, 3.05) is 0 Å². The summed E-state index contributed by atoms with van der Waals surface area (Å²) in [5, 5.41) is 11.6. The number of carbonyl (C=O) groups excluding carboxylic acids is 1. The summed E-state index contributed by atoms with van der Waals surface area (Å²) in [6.45, 7) is 7.09. The second-order valence-corrected chi connectivity index (χ2v) is 5.29. The Kier molecular flexibility index (Phi) is 3.41. The Morgan fingerprint density at radius 1 is 1.20 bits per heavy atom. The van der Waals surface area contributed by atoms with Crippen molar-refractivity contribution >= 4 is 16.9 Å². The van der Waals surface area contributed by atoms with Crippen LogP contribution in [0.1, 0.15) is 35.6 Å². The Bertz CT molecular complexity index is 728. The molecule has 5 nitrogen and oxygen atoms in total. The molecule has 1 N–H and O–H groups in total. The van der Waals surface area contributed by atoms with Crippen LogP contribution in [0.15, 0.2) is 18.2 Å². The lowest BCUT2D eigenvalue weighted by Gasteiger charge is -2.17. The van der Waals surface area contributed by atoms with Crippen molar-refractivity contribution in [1.29, 1.82) is 5.26 Å². The monoisotopic (exact) mass is 268 g/mol. The quantitative estimate of drug-likeness (QED) is 0.906. The van der Waals surface area contributed by atoms with Crippen molar-refractivity contribution in [3.8, 4) is 6.07 Å². The first-order chi connectivity index (χ1) is 9.32. The zero-order chi connectivity index (χ0) is 14.9. The third-order valence-corrected chi connectivity index (χ3v) is 3.04. The van der Waals surface area contributed by atoms with Gasteiger partial charge in [0.1, 0.15) is 5.54 Å². The van der Waals surface area contributed by atoms with E-state index < -0.39 is 5.54 Å². The highest BCUT2D eigenvalue weighted by atomic mass is 16.1. The van der Waals surface area contributed by atoms with E-state index >= 15 is 0 Å². The lowest BCUT2D eigenvalue weighted by atomic mass is 10.1. The molecule has 0 saturated carbocycles. The maximum Gasteiger partial charge on any atom is 0.252 e. The molecule has 1 amide bonds. The van der Waals surface area contributed by atoms with E-state index in [1.807, 2.05) is 19.9 Å². The zero-order valence-electron chi connectivity index (χ0n) is 12.0. The zero-order valence-corrected chi connectivity index (χ0v) is 12.0. The predicted molar refractivity (Wildman–Crippen MR) is 76.2 cm³/mol. The number of carbonyl (C=O) groups is 1. The Morgan fingerprint density at radius 2 is 1.80 bits per heavy atom. The maximum atomic E-state index is 12.1. The normalized spacial score (nSPS) is 11.2. The van der Waals surface area contributed by atoms with Crippen LogP contribution in [-0.2, 0) is 0 Å². The summed E-state index contributed by atoms with van der Waals surface area (Å²) in [6, 6.07) is 7.18. The van der Waals surface area contributed by atoms with Crippen molar-refractivity contribution in [2.24, 2.45) is 0 Å². The van der Waals surface area contributed by atoms with Crippen molar-refractivity contribution in [3.05, 3.63) is 35.2 Å². The summed E-state index contributed by atoms with van der Waals surface area (Å²) >= 11 is 0. The van der Waals surface area contributed by atoms with Gasteiger partial charge in [-0.1, -0.05) is 0 Å². The molecule has 0 aliphatic carbocycles. The molecule has 0 fully saturated rings. The number of hydrogen-bond acceptors (Lipinski definition) is 4. The molecular weight excluding hydrogens is 252 g/mol. The number of aromatic nitrogens is 2. The maximum absolute atomic E-state index is 12.1. The van der Waals surface area contributed by atoms with Crippen molar-refractivity contribution < 1.29 is 4.79 Å². The molecule has 102 valence electrons. The number of amides is 1. The lowest BCUT2D eigenvalue weighted by Crippen LogP contribution is -2.42. The molecule has 0 saturated heterocycles. The minimum absolute atomic E-state index is 0.293. The molecule has 0 aliphatic heterocycles. The SMILES string of the molecule is Cc1nc2ccc(C(=O)NC(C)(C)C#N)cc2nc1C. The van der Waals surface area contributed by atoms with Gasteiger partial charge >= 0.3 is 0 Å². The molecule has 1 aromatic heterocycles. The van der Waals surface area contributed by atoms with Gasteiger partial charge in [0.2, 0.25) is 0 Å². The minimum Gasteiger partial charge on any atom is -0.334 e. The number of nitrogens with one attached hydrogen (secondary N) is 1. The number of rotatable bonds is 2. The fourth-order valence-electron chi connectivity index (χ4n) is 1.76. The predicted octanol–water partition coefficient (Wildman–Crippen LogP) is 2.28. The standard InChI is InChI=1S/C15H16N4O/c1-9-10(2)18-13-7-11(5-6-12(13)17-9)14(20)19-15(3,4)8-16/h5-7H,1-4H3,(H,19,20). The molecule has 0 atom stereocenters. The molecule has 0 bridgehead atoms. The first kappa shape index (κ1) is 13.9. The first-order valence-electron chi connectivity index (χ1n) is 6.31. The summed E-state index contributed by atoms with van der Waals surface area (Å²) in [4.78, 5) is 21.0. The summed E-state index contributed by atoms with van der Waals surface area (Å²) in [5.41, 5.74) is 2.71. The number of nitrogens with zero attached hydrogens (tertiary/aromatic N) is 3. The van der Waals surface area contributed by atoms with Gasteiger partial charge in [-0.2, -0.15) is 5.26 Å². The highest BCUT2D eigenvalue weighted by Gasteiger charge is 2.20. The van der Waals surface area contributed by atoms with E-state index in [0.717, 1.165) is 16.9 Å². The average molecular weight is 268 g/mol. The van der Waals surface area contributed by atoms with E-state index in [9.17, 15) is 4.79 Å². The van der Waals surface area contributed by atoms with E-state index in [0.29, 0.717) is 11.1 Å². The van der Waals surface area contributed by atoms with Gasteiger partial charge in [-0.05, 0) is 45.9 Å². The topological polar surface area (TPSA) is 78.7 Å². The smallest absolute Gasteiger partial charge is 0.252 e. The lowest BCUT2D eigenvalue weighted by molar-refractivity contribution is 0.0929. The van der Waals surface area contributed by atoms with Crippen LogP contribution < -0.4 is 5.32 Å². The summed E-state index contributed by atoms with van der Waals surface area (Å²) in [6.07, 6.45) is 0. The van der Waals surface area contributed by atoms with E-state index in [4.69, 9.17) is 5.26 Å². The fourth-order valence-corrected chi connectivity index (χ4v) is 1.76. The molecule has 5 heteroatoms. The molecule has 2 aromatic rings. The first-order valence-corrected chi connectivity index (χ1v) is 6.31. The number of fused-ring (bicyclic) bond motifs is 1. The summed E-state index contributed by atoms with van der Waals surface area (Å²) in [5.74, 6) is -0.293. The fraction of sp³-hybridized carbons (Fsp3) is 0.333. The minimum atomic E-state index is -0.902.